The monoisotopic (exact) mass is 261 g/mol. The summed E-state index contributed by atoms with van der Waals surface area (Å²) in [5, 5.41) is 12.2. The molecule has 0 aliphatic heterocycles. The SMILES string of the molecule is CCCCC[C@@H](O)CC(=O)SCCNC(C)=O. The fourth-order valence-electron chi connectivity index (χ4n) is 1.38. The average molecular weight is 261 g/mol. The molecule has 17 heavy (non-hydrogen) atoms. The second-order valence-electron chi connectivity index (χ2n) is 4.06. The number of carbonyl (C=O) groups excluding carboxylic acids is 2. The number of nitrogens with one attached hydrogen (secondary N) is 1. The van der Waals surface area contributed by atoms with Crippen LogP contribution in [0.4, 0.5) is 0 Å². The van der Waals surface area contributed by atoms with Crippen LogP contribution in [0.25, 0.3) is 0 Å². The van der Waals surface area contributed by atoms with Gasteiger partial charge in [0.15, 0.2) is 5.12 Å². The Morgan fingerprint density at radius 1 is 1.35 bits per heavy atom. The molecule has 0 spiro atoms. The Bertz CT molecular complexity index is 234. The minimum Gasteiger partial charge on any atom is -0.393 e. The van der Waals surface area contributed by atoms with Gasteiger partial charge in [-0.1, -0.05) is 37.9 Å². The number of aliphatic hydroxyl groups excluding tert-OH is 1. The minimum atomic E-state index is -0.512. The minimum absolute atomic E-state index is 0.000601. The molecule has 0 heterocycles. The van der Waals surface area contributed by atoms with Gasteiger partial charge >= 0.3 is 0 Å². The van der Waals surface area contributed by atoms with Gasteiger partial charge in [-0.25, -0.2) is 0 Å². The van der Waals surface area contributed by atoms with Crippen LogP contribution in [0.3, 0.4) is 0 Å². The van der Waals surface area contributed by atoms with Crippen LogP contribution in [-0.4, -0.2) is 34.5 Å². The van der Waals surface area contributed by atoms with Gasteiger partial charge in [0, 0.05) is 25.6 Å². The van der Waals surface area contributed by atoms with Gasteiger partial charge in [-0.2, -0.15) is 0 Å². The normalized spacial score (nSPS) is 12.2. The number of rotatable bonds is 9. The molecule has 0 saturated heterocycles. The first-order valence-electron chi connectivity index (χ1n) is 6.14. The number of carbonyl (C=O) groups is 2. The van der Waals surface area contributed by atoms with E-state index in [4.69, 9.17) is 0 Å². The standard InChI is InChI=1S/C12H23NO3S/c1-3-4-5-6-11(15)9-12(16)17-8-7-13-10(2)14/h11,15H,3-9H2,1-2H3,(H,13,14)/t11-/m1/s1. The van der Waals surface area contributed by atoms with Gasteiger partial charge in [0.1, 0.15) is 0 Å². The Morgan fingerprint density at radius 3 is 2.65 bits per heavy atom. The van der Waals surface area contributed by atoms with Crippen LogP contribution in [0.2, 0.25) is 0 Å². The zero-order valence-electron chi connectivity index (χ0n) is 10.7. The van der Waals surface area contributed by atoms with Crippen LogP contribution < -0.4 is 5.32 Å². The molecule has 0 aromatic carbocycles. The van der Waals surface area contributed by atoms with E-state index >= 15 is 0 Å². The van der Waals surface area contributed by atoms with Crippen molar-refractivity contribution in [2.75, 3.05) is 12.3 Å². The second-order valence-corrected chi connectivity index (χ2v) is 5.21. The molecule has 0 fully saturated rings. The van der Waals surface area contributed by atoms with Crippen molar-refractivity contribution in [1.82, 2.24) is 5.32 Å². The molecule has 0 rings (SSSR count). The molecule has 0 aromatic rings. The highest BCUT2D eigenvalue weighted by Crippen LogP contribution is 2.11. The molecule has 0 aliphatic carbocycles. The maximum atomic E-state index is 11.4. The smallest absolute Gasteiger partial charge is 0.216 e. The highest BCUT2D eigenvalue weighted by atomic mass is 32.2. The number of unbranched alkanes of at least 4 members (excludes halogenated alkanes) is 2. The third-order valence-corrected chi connectivity index (χ3v) is 3.18. The molecule has 0 bridgehead atoms. The molecule has 100 valence electrons. The van der Waals surface area contributed by atoms with Crippen molar-refractivity contribution >= 4 is 22.8 Å². The summed E-state index contributed by atoms with van der Waals surface area (Å²) in [6.45, 7) is 4.05. The summed E-state index contributed by atoms with van der Waals surface area (Å²) in [7, 11) is 0. The molecular formula is C12H23NO3S. The summed E-state index contributed by atoms with van der Waals surface area (Å²) in [5.74, 6) is 0.484. The largest absolute Gasteiger partial charge is 0.393 e. The van der Waals surface area contributed by atoms with E-state index in [1.54, 1.807) is 0 Å². The molecule has 4 nitrogen and oxygen atoms in total. The fourth-order valence-corrected chi connectivity index (χ4v) is 2.12. The summed E-state index contributed by atoms with van der Waals surface area (Å²) >= 11 is 1.17. The second kappa shape index (κ2) is 10.6. The highest BCUT2D eigenvalue weighted by molar-refractivity contribution is 8.13. The number of amides is 1. The summed E-state index contributed by atoms with van der Waals surface area (Å²) in [4.78, 5) is 22.0. The Kier molecular flexibility index (Phi) is 10.3. The van der Waals surface area contributed by atoms with E-state index in [-0.39, 0.29) is 17.4 Å². The molecular weight excluding hydrogens is 238 g/mol. The van der Waals surface area contributed by atoms with Crippen LogP contribution in [0.5, 0.6) is 0 Å². The van der Waals surface area contributed by atoms with Gasteiger partial charge in [0.25, 0.3) is 0 Å². The Hall–Kier alpha value is -0.550. The van der Waals surface area contributed by atoms with Gasteiger partial charge in [-0.05, 0) is 6.42 Å². The van der Waals surface area contributed by atoms with Crippen LogP contribution >= 0.6 is 11.8 Å². The summed E-state index contributed by atoms with van der Waals surface area (Å²) in [6.07, 6.45) is 3.59. The van der Waals surface area contributed by atoms with Crippen molar-refractivity contribution in [2.24, 2.45) is 0 Å². The van der Waals surface area contributed by atoms with Crippen molar-refractivity contribution < 1.29 is 14.7 Å². The Balaban J connectivity index is 3.47. The molecule has 0 aromatic heterocycles. The molecule has 0 unspecified atom stereocenters. The van der Waals surface area contributed by atoms with Crippen LogP contribution in [0, 0.1) is 0 Å². The first kappa shape index (κ1) is 16.4. The molecule has 2 N–H and O–H groups in total. The zero-order chi connectivity index (χ0) is 13.1. The first-order valence-corrected chi connectivity index (χ1v) is 7.13. The maximum Gasteiger partial charge on any atom is 0.216 e. The number of hydrogen-bond acceptors (Lipinski definition) is 4. The van der Waals surface area contributed by atoms with Gasteiger partial charge in [-0.3, -0.25) is 9.59 Å². The molecule has 0 aliphatic rings. The lowest BCUT2D eigenvalue weighted by Crippen LogP contribution is -2.23. The van der Waals surface area contributed by atoms with Crippen molar-refractivity contribution in [3.63, 3.8) is 0 Å². The van der Waals surface area contributed by atoms with Gasteiger partial charge in [-0.15, -0.1) is 0 Å². The van der Waals surface area contributed by atoms with E-state index in [2.05, 4.69) is 12.2 Å². The van der Waals surface area contributed by atoms with Crippen molar-refractivity contribution in [3.8, 4) is 0 Å². The fraction of sp³-hybridized carbons (Fsp3) is 0.833. The predicted molar refractivity (Wildman–Crippen MR) is 70.9 cm³/mol. The molecule has 0 saturated carbocycles. The van der Waals surface area contributed by atoms with E-state index in [9.17, 15) is 14.7 Å². The summed E-state index contributed by atoms with van der Waals surface area (Å²) < 4.78 is 0. The molecule has 0 radical (unpaired) electrons. The van der Waals surface area contributed by atoms with Crippen LogP contribution in [0.1, 0.15) is 46.0 Å². The molecule has 5 heteroatoms. The van der Waals surface area contributed by atoms with E-state index in [1.165, 1.54) is 18.7 Å². The van der Waals surface area contributed by atoms with Crippen molar-refractivity contribution in [1.29, 1.82) is 0 Å². The lowest BCUT2D eigenvalue weighted by atomic mass is 10.1. The number of thioether (sulfide) groups is 1. The lowest BCUT2D eigenvalue weighted by molar-refractivity contribution is -0.119. The Labute approximate surface area is 108 Å². The topological polar surface area (TPSA) is 66.4 Å². The van der Waals surface area contributed by atoms with E-state index < -0.39 is 6.10 Å². The zero-order valence-corrected chi connectivity index (χ0v) is 11.5. The van der Waals surface area contributed by atoms with E-state index in [0.717, 1.165) is 19.3 Å². The maximum absolute atomic E-state index is 11.4. The average Bonchev–Trinajstić information content (AvgIpc) is 2.24. The van der Waals surface area contributed by atoms with Crippen molar-refractivity contribution in [3.05, 3.63) is 0 Å². The van der Waals surface area contributed by atoms with Gasteiger partial charge < -0.3 is 10.4 Å². The quantitative estimate of drug-likeness (QED) is 0.620. The van der Waals surface area contributed by atoms with Gasteiger partial charge in [0.05, 0.1) is 6.10 Å². The Morgan fingerprint density at radius 2 is 2.06 bits per heavy atom. The van der Waals surface area contributed by atoms with Crippen LogP contribution in [-0.2, 0) is 9.59 Å². The molecule has 1 amide bonds. The highest BCUT2D eigenvalue weighted by Gasteiger charge is 2.10. The summed E-state index contributed by atoms with van der Waals surface area (Å²) in [6, 6.07) is 0. The van der Waals surface area contributed by atoms with Crippen LogP contribution in [0.15, 0.2) is 0 Å². The number of aliphatic hydroxyl groups is 1. The van der Waals surface area contributed by atoms with Crippen molar-refractivity contribution in [2.45, 2.75) is 52.1 Å². The van der Waals surface area contributed by atoms with E-state index in [1.807, 2.05) is 0 Å². The summed E-state index contributed by atoms with van der Waals surface area (Å²) in [5.41, 5.74) is 0. The van der Waals surface area contributed by atoms with E-state index in [0.29, 0.717) is 18.7 Å². The van der Waals surface area contributed by atoms with Gasteiger partial charge in [0.2, 0.25) is 5.91 Å². The molecule has 1 atom stereocenters. The first-order chi connectivity index (χ1) is 8.06. The third kappa shape index (κ3) is 11.7. The predicted octanol–water partition coefficient (Wildman–Crippen LogP) is 1.71. The number of hydrogen-bond donors (Lipinski definition) is 2. The lowest BCUT2D eigenvalue weighted by Gasteiger charge is -2.08. The third-order valence-electron chi connectivity index (χ3n) is 2.28.